The van der Waals surface area contributed by atoms with Crippen LogP contribution in [0.4, 0.5) is 4.79 Å². The molecular weight excluding hydrogens is 494 g/mol. The number of amides is 3. The highest BCUT2D eigenvalue weighted by Crippen LogP contribution is 2.46. The van der Waals surface area contributed by atoms with Crippen LogP contribution in [-0.2, 0) is 14.3 Å². The van der Waals surface area contributed by atoms with Gasteiger partial charge >= 0.3 is 6.03 Å². The number of urea groups is 1. The van der Waals surface area contributed by atoms with Crippen LogP contribution in [0.15, 0.2) is 48.5 Å². The molecule has 3 rings (SSSR count). The standard InChI is InChI=1S/C31H43N3O5/c1-8-11-26(24-14-12-20(4)13-15-24)33-30(37)34-28(36)31(9-2,10-3)29(34)39-25-18-16-23(17-19-25)21(5)32-27(38-7)22(6)35/h12-19,21,26-27,29,32H,8-11H2,1-7H3,(H,33,37)/t21?,26-,27+,29+/m1/s1. The van der Waals surface area contributed by atoms with Gasteiger partial charge in [0.15, 0.2) is 18.2 Å². The molecule has 1 fully saturated rings. The first kappa shape index (κ1) is 30.3. The zero-order valence-electron chi connectivity index (χ0n) is 24.2. The number of ketones is 1. The molecule has 0 aromatic heterocycles. The van der Waals surface area contributed by atoms with Crippen molar-refractivity contribution >= 4 is 17.7 Å². The number of benzene rings is 2. The van der Waals surface area contributed by atoms with Crippen LogP contribution in [-0.4, -0.2) is 42.2 Å². The third-order valence-electron chi connectivity index (χ3n) is 7.82. The fourth-order valence-electron chi connectivity index (χ4n) is 5.17. The summed E-state index contributed by atoms with van der Waals surface area (Å²) in [5, 5.41) is 6.23. The van der Waals surface area contributed by atoms with E-state index in [0.717, 1.165) is 29.5 Å². The normalized spacial score (nSPS) is 18.6. The second kappa shape index (κ2) is 13.2. The molecule has 212 valence electrons. The van der Waals surface area contributed by atoms with E-state index in [1.807, 2.05) is 76.2 Å². The van der Waals surface area contributed by atoms with Gasteiger partial charge in [-0.2, -0.15) is 0 Å². The van der Waals surface area contributed by atoms with E-state index in [1.165, 1.54) is 18.9 Å². The monoisotopic (exact) mass is 537 g/mol. The van der Waals surface area contributed by atoms with Gasteiger partial charge in [0.1, 0.15) is 11.2 Å². The summed E-state index contributed by atoms with van der Waals surface area (Å²) >= 11 is 0. The van der Waals surface area contributed by atoms with Crippen molar-refractivity contribution in [2.24, 2.45) is 5.41 Å². The lowest BCUT2D eigenvalue weighted by Crippen LogP contribution is -2.73. The number of likely N-dealkylation sites (tertiary alicyclic amines) is 1. The number of ether oxygens (including phenoxy) is 2. The van der Waals surface area contributed by atoms with Crippen LogP contribution in [0.25, 0.3) is 0 Å². The van der Waals surface area contributed by atoms with Gasteiger partial charge in [0.05, 0.1) is 6.04 Å². The summed E-state index contributed by atoms with van der Waals surface area (Å²) in [5.41, 5.74) is 2.35. The maximum absolute atomic E-state index is 13.5. The molecule has 1 unspecified atom stereocenters. The van der Waals surface area contributed by atoms with E-state index < -0.39 is 23.9 Å². The van der Waals surface area contributed by atoms with Crippen molar-refractivity contribution in [3.05, 3.63) is 65.2 Å². The number of nitrogens with one attached hydrogen (secondary N) is 2. The molecule has 8 nitrogen and oxygen atoms in total. The molecule has 1 saturated heterocycles. The number of methoxy groups -OCH3 is 1. The summed E-state index contributed by atoms with van der Waals surface area (Å²) in [6, 6.07) is 14.8. The first-order chi connectivity index (χ1) is 18.6. The molecule has 39 heavy (non-hydrogen) atoms. The highest BCUT2D eigenvalue weighted by molar-refractivity contribution is 6.03. The van der Waals surface area contributed by atoms with Crippen LogP contribution >= 0.6 is 0 Å². The molecule has 0 radical (unpaired) electrons. The molecular formula is C31H43N3O5. The average Bonchev–Trinajstić information content (AvgIpc) is 2.92. The van der Waals surface area contributed by atoms with Gasteiger partial charge in [-0.15, -0.1) is 0 Å². The van der Waals surface area contributed by atoms with Gasteiger partial charge in [-0.25, -0.2) is 9.69 Å². The number of hydrogen-bond donors (Lipinski definition) is 2. The van der Waals surface area contributed by atoms with E-state index in [-0.39, 0.29) is 23.8 Å². The first-order valence-corrected chi connectivity index (χ1v) is 13.9. The summed E-state index contributed by atoms with van der Waals surface area (Å²) in [7, 11) is 1.49. The molecule has 0 bridgehead atoms. The summed E-state index contributed by atoms with van der Waals surface area (Å²) in [6.45, 7) is 11.4. The highest BCUT2D eigenvalue weighted by Gasteiger charge is 2.63. The largest absolute Gasteiger partial charge is 0.469 e. The minimum atomic E-state index is -0.762. The molecule has 1 heterocycles. The fraction of sp³-hybridized carbons (Fsp3) is 0.516. The van der Waals surface area contributed by atoms with Gasteiger partial charge in [-0.3, -0.25) is 14.9 Å². The summed E-state index contributed by atoms with van der Waals surface area (Å²) in [6.07, 6.45) is 1.38. The summed E-state index contributed by atoms with van der Waals surface area (Å²) in [5.74, 6) is 0.251. The zero-order valence-corrected chi connectivity index (χ0v) is 24.2. The molecule has 1 aliphatic rings. The van der Waals surface area contributed by atoms with Crippen molar-refractivity contribution in [2.45, 2.75) is 91.8 Å². The number of rotatable bonds is 13. The quantitative estimate of drug-likeness (QED) is 0.247. The molecule has 0 aliphatic carbocycles. The lowest BCUT2D eigenvalue weighted by Gasteiger charge is -2.53. The smallest absolute Gasteiger partial charge is 0.327 e. The van der Waals surface area contributed by atoms with E-state index in [2.05, 4.69) is 17.6 Å². The third-order valence-corrected chi connectivity index (χ3v) is 7.82. The van der Waals surface area contributed by atoms with Crippen molar-refractivity contribution in [1.29, 1.82) is 0 Å². The van der Waals surface area contributed by atoms with Gasteiger partial charge in [0.25, 0.3) is 0 Å². The summed E-state index contributed by atoms with van der Waals surface area (Å²) in [4.78, 5) is 39.8. The number of imide groups is 1. The maximum atomic E-state index is 13.5. The predicted molar refractivity (Wildman–Crippen MR) is 151 cm³/mol. The molecule has 2 aromatic rings. The lowest BCUT2D eigenvalue weighted by molar-refractivity contribution is -0.191. The number of aryl methyl sites for hydroxylation is 1. The van der Waals surface area contributed by atoms with Gasteiger partial charge in [-0.1, -0.05) is 69.2 Å². The molecule has 8 heteroatoms. The van der Waals surface area contributed by atoms with E-state index in [1.54, 1.807) is 0 Å². The molecule has 2 aromatic carbocycles. The van der Waals surface area contributed by atoms with Gasteiger partial charge in [0.2, 0.25) is 5.91 Å². The second-order valence-electron chi connectivity index (χ2n) is 10.4. The molecule has 0 spiro atoms. The Morgan fingerprint density at radius 2 is 1.59 bits per heavy atom. The number of hydrogen-bond acceptors (Lipinski definition) is 6. The Balaban J connectivity index is 1.78. The Labute approximate surface area is 232 Å². The molecule has 3 amide bonds. The molecule has 1 aliphatic heterocycles. The minimum absolute atomic E-state index is 0.101. The molecule has 0 saturated carbocycles. The van der Waals surface area contributed by atoms with Crippen LogP contribution in [0.5, 0.6) is 5.75 Å². The maximum Gasteiger partial charge on any atom is 0.327 e. The van der Waals surface area contributed by atoms with Crippen molar-refractivity contribution < 1.29 is 23.9 Å². The van der Waals surface area contributed by atoms with E-state index in [4.69, 9.17) is 9.47 Å². The van der Waals surface area contributed by atoms with Crippen molar-refractivity contribution in [3.63, 3.8) is 0 Å². The molecule has 4 atom stereocenters. The first-order valence-electron chi connectivity index (χ1n) is 13.9. The Kier molecular flexibility index (Phi) is 10.3. The zero-order chi connectivity index (χ0) is 28.7. The second-order valence-corrected chi connectivity index (χ2v) is 10.4. The van der Waals surface area contributed by atoms with Crippen LogP contribution in [0.3, 0.4) is 0 Å². The average molecular weight is 538 g/mol. The fourth-order valence-corrected chi connectivity index (χ4v) is 5.17. The van der Waals surface area contributed by atoms with E-state index in [9.17, 15) is 14.4 Å². The number of Topliss-reactive ketones (excluding diaryl/α,β-unsaturated/α-hetero) is 1. The number of nitrogens with zero attached hydrogens (tertiary/aromatic N) is 1. The number of β-lactam (4-membered cyclic amide) rings is 1. The SMILES string of the molecule is CCC[C@@H](NC(=O)N1C(=O)C(CC)(CC)[C@@H]1Oc1ccc(C(C)N[C@@H](OC)C(C)=O)cc1)c1ccc(C)cc1. The van der Waals surface area contributed by atoms with E-state index >= 15 is 0 Å². The van der Waals surface area contributed by atoms with Crippen molar-refractivity contribution in [2.75, 3.05) is 7.11 Å². The van der Waals surface area contributed by atoms with Crippen LogP contribution < -0.4 is 15.4 Å². The highest BCUT2D eigenvalue weighted by atomic mass is 16.5. The van der Waals surface area contributed by atoms with Crippen molar-refractivity contribution in [1.82, 2.24) is 15.5 Å². The third kappa shape index (κ3) is 6.50. The van der Waals surface area contributed by atoms with Crippen LogP contribution in [0.1, 0.15) is 89.1 Å². The van der Waals surface area contributed by atoms with Crippen LogP contribution in [0, 0.1) is 12.3 Å². The van der Waals surface area contributed by atoms with Crippen LogP contribution in [0.2, 0.25) is 0 Å². The lowest BCUT2D eigenvalue weighted by atomic mass is 9.72. The summed E-state index contributed by atoms with van der Waals surface area (Å²) < 4.78 is 11.5. The van der Waals surface area contributed by atoms with Gasteiger partial charge in [0, 0.05) is 13.2 Å². The molecule has 2 N–H and O–H groups in total. The van der Waals surface area contributed by atoms with Gasteiger partial charge in [-0.05, 0) is 63.3 Å². The number of carbonyl (C=O) groups is 3. The van der Waals surface area contributed by atoms with E-state index in [0.29, 0.717) is 18.6 Å². The Hall–Kier alpha value is -3.23. The Morgan fingerprint density at radius 1 is 1.00 bits per heavy atom. The van der Waals surface area contributed by atoms with Crippen molar-refractivity contribution in [3.8, 4) is 5.75 Å². The minimum Gasteiger partial charge on any atom is -0.469 e. The predicted octanol–water partition coefficient (Wildman–Crippen LogP) is 5.81. The van der Waals surface area contributed by atoms with Gasteiger partial charge < -0.3 is 14.8 Å². The Bertz CT molecular complexity index is 1130. The topological polar surface area (TPSA) is 97.0 Å². The Morgan fingerprint density at radius 3 is 2.10 bits per heavy atom. The number of carbonyl (C=O) groups excluding carboxylic acids is 3.